The van der Waals surface area contributed by atoms with E-state index in [0.717, 1.165) is 16.3 Å². The quantitative estimate of drug-likeness (QED) is 0.898. The standard InChI is InChI=1S/C12H18N4O3S2/c1-12(2,3)5-10-14-6-8(20-10)11-15-9(16-19-11)7-21(17,18)13-4/h6,13H,5,7H2,1-4H3. The van der Waals surface area contributed by atoms with E-state index >= 15 is 0 Å². The van der Waals surface area contributed by atoms with Crippen LogP contribution in [0, 0.1) is 5.41 Å². The van der Waals surface area contributed by atoms with Crippen LogP contribution in [-0.2, 0) is 22.2 Å². The molecule has 2 heterocycles. The van der Waals surface area contributed by atoms with Gasteiger partial charge in [0.25, 0.3) is 5.89 Å². The number of aromatic nitrogens is 3. The van der Waals surface area contributed by atoms with Crippen molar-refractivity contribution >= 4 is 21.4 Å². The molecule has 0 aromatic carbocycles. The second kappa shape index (κ2) is 5.82. The van der Waals surface area contributed by atoms with E-state index in [1.807, 2.05) is 0 Å². The second-order valence-electron chi connectivity index (χ2n) is 5.83. The first kappa shape index (κ1) is 16.1. The summed E-state index contributed by atoms with van der Waals surface area (Å²) in [6.45, 7) is 6.42. The van der Waals surface area contributed by atoms with E-state index in [0.29, 0.717) is 5.89 Å². The second-order valence-corrected chi connectivity index (χ2v) is 8.88. The number of nitrogens with one attached hydrogen (secondary N) is 1. The number of thiazole rings is 1. The third kappa shape index (κ3) is 4.58. The Morgan fingerprint density at radius 2 is 2.10 bits per heavy atom. The van der Waals surface area contributed by atoms with E-state index in [1.165, 1.54) is 18.4 Å². The highest BCUT2D eigenvalue weighted by molar-refractivity contribution is 7.88. The van der Waals surface area contributed by atoms with Crippen LogP contribution in [0.15, 0.2) is 10.7 Å². The highest BCUT2D eigenvalue weighted by atomic mass is 32.2. The van der Waals surface area contributed by atoms with Crippen LogP contribution in [-0.4, -0.2) is 30.6 Å². The molecule has 7 nitrogen and oxygen atoms in total. The molecule has 0 radical (unpaired) electrons. The molecule has 0 aliphatic heterocycles. The van der Waals surface area contributed by atoms with Crippen LogP contribution in [0.5, 0.6) is 0 Å². The molecule has 0 spiro atoms. The Balaban J connectivity index is 2.15. The van der Waals surface area contributed by atoms with Gasteiger partial charge in [0.2, 0.25) is 10.0 Å². The van der Waals surface area contributed by atoms with Crippen molar-refractivity contribution in [3.05, 3.63) is 17.0 Å². The van der Waals surface area contributed by atoms with E-state index < -0.39 is 10.0 Å². The third-order valence-electron chi connectivity index (χ3n) is 2.54. The first-order chi connectivity index (χ1) is 9.68. The Hall–Kier alpha value is -1.32. The maximum atomic E-state index is 11.4. The van der Waals surface area contributed by atoms with Gasteiger partial charge in [-0.25, -0.2) is 18.1 Å². The SMILES string of the molecule is CNS(=O)(=O)Cc1noc(-c2cnc(CC(C)(C)C)s2)n1. The summed E-state index contributed by atoms with van der Waals surface area (Å²) in [5.41, 5.74) is 0.149. The van der Waals surface area contributed by atoms with Gasteiger partial charge in [0, 0.05) is 6.42 Å². The average molecular weight is 330 g/mol. The normalized spacial score (nSPS) is 12.8. The molecule has 0 bridgehead atoms. The Labute approximate surface area is 127 Å². The molecule has 21 heavy (non-hydrogen) atoms. The fourth-order valence-corrected chi connectivity index (χ4v) is 3.34. The lowest BCUT2D eigenvalue weighted by Crippen LogP contribution is -2.20. The van der Waals surface area contributed by atoms with E-state index in [2.05, 4.69) is 40.6 Å². The zero-order valence-corrected chi connectivity index (χ0v) is 14.0. The lowest BCUT2D eigenvalue weighted by atomic mass is 9.93. The minimum atomic E-state index is -3.41. The molecule has 9 heteroatoms. The van der Waals surface area contributed by atoms with Crippen molar-refractivity contribution in [2.24, 2.45) is 5.41 Å². The molecule has 0 saturated heterocycles. The number of sulfonamides is 1. The van der Waals surface area contributed by atoms with E-state index in [4.69, 9.17) is 4.52 Å². The van der Waals surface area contributed by atoms with Gasteiger partial charge in [-0.15, -0.1) is 11.3 Å². The van der Waals surface area contributed by atoms with Crippen molar-refractivity contribution in [1.82, 2.24) is 19.8 Å². The van der Waals surface area contributed by atoms with Gasteiger partial charge in [0.05, 0.1) is 11.2 Å². The van der Waals surface area contributed by atoms with Crippen LogP contribution in [0.2, 0.25) is 0 Å². The summed E-state index contributed by atoms with van der Waals surface area (Å²) in [4.78, 5) is 9.18. The predicted octanol–water partition coefficient (Wildman–Crippen LogP) is 1.83. The molecule has 2 aromatic rings. The average Bonchev–Trinajstić information content (AvgIpc) is 2.96. The molecule has 116 valence electrons. The molecular formula is C12H18N4O3S2. The molecule has 0 saturated carbocycles. The predicted molar refractivity (Wildman–Crippen MR) is 80.2 cm³/mol. The first-order valence-electron chi connectivity index (χ1n) is 6.37. The molecule has 0 fully saturated rings. The summed E-state index contributed by atoms with van der Waals surface area (Å²) in [5, 5.41) is 4.67. The zero-order valence-electron chi connectivity index (χ0n) is 12.4. The van der Waals surface area contributed by atoms with Crippen molar-refractivity contribution in [1.29, 1.82) is 0 Å². The van der Waals surface area contributed by atoms with Gasteiger partial charge in [-0.2, -0.15) is 4.98 Å². The van der Waals surface area contributed by atoms with Crippen LogP contribution in [0.3, 0.4) is 0 Å². The molecule has 0 aliphatic carbocycles. The van der Waals surface area contributed by atoms with E-state index in [-0.39, 0.29) is 17.0 Å². The Bertz CT molecular complexity index is 713. The number of rotatable bonds is 5. The Morgan fingerprint density at radius 3 is 2.71 bits per heavy atom. The van der Waals surface area contributed by atoms with Crippen LogP contribution in [0.4, 0.5) is 0 Å². The van der Waals surface area contributed by atoms with Gasteiger partial charge >= 0.3 is 0 Å². The van der Waals surface area contributed by atoms with Gasteiger partial charge < -0.3 is 4.52 Å². The third-order valence-corrected chi connectivity index (χ3v) is 4.79. The maximum absolute atomic E-state index is 11.4. The molecule has 2 aromatic heterocycles. The van der Waals surface area contributed by atoms with Gasteiger partial charge in [0.1, 0.15) is 10.6 Å². The zero-order chi connectivity index (χ0) is 15.7. The summed E-state index contributed by atoms with van der Waals surface area (Å²) in [5.74, 6) is 0.125. The molecule has 0 aliphatic rings. The number of hydrogen-bond donors (Lipinski definition) is 1. The van der Waals surface area contributed by atoms with Crippen LogP contribution < -0.4 is 4.72 Å². The lowest BCUT2D eigenvalue weighted by molar-refractivity contribution is 0.410. The van der Waals surface area contributed by atoms with Crippen molar-refractivity contribution in [2.45, 2.75) is 32.9 Å². The first-order valence-corrected chi connectivity index (χ1v) is 8.84. The highest BCUT2D eigenvalue weighted by Crippen LogP contribution is 2.29. The van der Waals surface area contributed by atoms with Crippen molar-refractivity contribution in [3.8, 4) is 10.8 Å². The minimum absolute atomic E-state index is 0.130. The van der Waals surface area contributed by atoms with E-state index in [9.17, 15) is 8.42 Å². The summed E-state index contributed by atoms with van der Waals surface area (Å²) < 4.78 is 30.2. The molecular weight excluding hydrogens is 312 g/mol. The maximum Gasteiger partial charge on any atom is 0.269 e. The van der Waals surface area contributed by atoms with Crippen molar-refractivity contribution in [3.63, 3.8) is 0 Å². The van der Waals surface area contributed by atoms with E-state index in [1.54, 1.807) is 6.20 Å². The topological polar surface area (TPSA) is 98.0 Å². The fourth-order valence-electron chi connectivity index (χ4n) is 1.60. The molecule has 2 rings (SSSR count). The largest absolute Gasteiger partial charge is 0.333 e. The van der Waals surface area contributed by atoms with Gasteiger partial charge in [-0.1, -0.05) is 25.9 Å². The molecule has 0 atom stereocenters. The summed E-state index contributed by atoms with van der Waals surface area (Å²) in [6, 6.07) is 0. The molecule has 0 unspecified atom stereocenters. The summed E-state index contributed by atoms with van der Waals surface area (Å²) in [6.07, 6.45) is 2.53. The van der Waals surface area contributed by atoms with Crippen LogP contribution in [0.1, 0.15) is 31.6 Å². The summed E-state index contributed by atoms with van der Waals surface area (Å²) >= 11 is 1.48. The molecule has 0 amide bonds. The van der Waals surface area contributed by atoms with Crippen molar-refractivity contribution in [2.75, 3.05) is 7.05 Å². The Morgan fingerprint density at radius 1 is 1.38 bits per heavy atom. The minimum Gasteiger partial charge on any atom is -0.333 e. The fraction of sp³-hybridized carbons (Fsp3) is 0.583. The smallest absolute Gasteiger partial charge is 0.269 e. The Kier molecular flexibility index (Phi) is 4.45. The van der Waals surface area contributed by atoms with Crippen LogP contribution >= 0.6 is 11.3 Å². The molecule has 1 N–H and O–H groups in total. The van der Waals surface area contributed by atoms with Crippen molar-refractivity contribution < 1.29 is 12.9 Å². The number of nitrogens with zero attached hydrogens (tertiary/aromatic N) is 3. The van der Waals surface area contributed by atoms with Gasteiger partial charge in [-0.05, 0) is 12.5 Å². The summed E-state index contributed by atoms with van der Waals surface area (Å²) in [7, 11) is -2.06. The van der Waals surface area contributed by atoms with Crippen LogP contribution in [0.25, 0.3) is 10.8 Å². The monoisotopic (exact) mass is 330 g/mol. The number of hydrogen-bond acceptors (Lipinski definition) is 7. The van der Waals surface area contributed by atoms with Gasteiger partial charge in [-0.3, -0.25) is 0 Å². The highest BCUT2D eigenvalue weighted by Gasteiger charge is 2.19. The van der Waals surface area contributed by atoms with Gasteiger partial charge in [0.15, 0.2) is 5.82 Å². The lowest BCUT2D eigenvalue weighted by Gasteiger charge is -2.15.